The standard InChI is InChI=1S/C14H20O/c15-13-9-4-2-1-3-6-10-14-11-7-5-8-12-14/h1-2,5,7-8,11-12,15H,3-4,6,9-10,13H2/b2-1+. The second kappa shape index (κ2) is 8.25. The van der Waals surface area contributed by atoms with Crippen molar-refractivity contribution in [1.82, 2.24) is 0 Å². The van der Waals surface area contributed by atoms with E-state index in [9.17, 15) is 0 Å². The molecule has 1 N–H and O–H groups in total. The predicted octanol–water partition coefficient (Wildman–Crippen LogP) is 3.34. The Morgan fingerprint density at radius 1 is 0.933 bits per heavy atom. The SMILES string of the molecule is OCCC/C=C/CCCc1ccccc1. The summed E-state index contributed by atoms with van der Waals surface area (Å²) in [6, 6.07) is 10.6. The first-order valence-electron chi connectivity index (χ1n) is 5.73. The van der Waals surface area contributed by atoms with Gasteiger partial charge in [-0.3, -0.25) is 0 Å². The van der Waals surface area contributed by atoms with Gasteiger partial charge < -0.3 is 5.11 Å². The Morgan fingerprint density at radius 3 is 2.27 bits per heavy atom. The largest absolute Gasteiger partial charge is 0.396 e. The molecule has 82 valence electrons. The molecular weight excluding hydrogens is 184 g/mol. The summed E-state index contributed by atoms with van der Waals surface area (Å²) in [6.45, 7) is 0.300. The Hall–Kier alpha value is -1.08. The number of hydrogen-bond acceptors (Lipinski definition) is 1. The third-order valence-corrected chi connectivity index (χ3v) is 2.37. The van der Waals surface area contributed by atoms with E-state index in [0.717, 1.165) is 25.7 Å². The molecule has 0 aliphatic rings. The first-order valence-corrected chi connectivity index (χ1v) is 5.73. The molecule has 0 aromatic heterocycles. The van der Waals surface area contributed by atoms with Gasteiger partial charge in [-0.1, -0.05) is 42.5 Å². The van der Waals surface area contributed by atoms with Crippen LogP contribution in [0.3, 0.4) is 0 Å². The summed E-state index contributed by atoms with van der Waals surface area (Å²) in [4.78, 5) is 0. The maximum atomic E-state index is 8.58. The highest BCUT2D eigenvalue weighted by molar-refractivity contribution is 5.14. The molecule has 0 saturated carbocycles. The summed E-state index contributed by atoms with van der Waals surface area (Å²) >= 11 is 0. The Balaban J connectivity index is 2.04. The van der Waals surface area contributed by atoms with Gasteiger partial charge in [0.05, 0.1) is 0 Å². The number of benzene rings is 1. The maximum Gasteiger partial charge on any atom is 0.0433 e. The Labute approximate surface area is 92.5 Å². The molecule has 0 atom stereocenters. The molecule has 0 saturated heterocycles. The Bertz CT molecular complexity index is 264. The molecule has 15 heavy (non-hydrogen) atoms. The number of unbranched alkanes of at least 4 members (excludes halogenated alkanes) is 2. The molecule has 0 unspecified atom stereocenters. The fraction of sp³-hybridized carbons (Fsp3) is 0.429. The van der Waals surface area contributed by atoms with Gasteiger partial charge in [0.25, 0.3) is 0 Å². The lowest BCUT2D eigenvalue weighted by Gasteiger charge is -1.97. The summed E-state index contributed by atoms with van der Waals surface area (Å²) in [5.41, 5.74) is 1.42. The molecule has 0 bridgehead atoms. The van der Waals surface area contributed by atoms with Crippen LogP contribution in [0.25, 0.3) is 0 Å². The minimum Gasteiger partial charge on any atom is -0.396 e. The van der Waals surface area contributed by atoms with Crippen molar-refractivity contribution >= 4 is 0 Å². The Kier molecular flexibility index (Phi) is 6.59. The van der Waals surface area contributed by atoms with Crippen LogP contribution in [0.1, 0.15) is 31.2 Å². The highest BCUT2D eigenvalue weighted by Crippen LogP contribution is 2.05. The molecule has 0 fully saturated rings. The van der Waals surface area contributed by atoms with Crippen molar-refractivity contribution in [3.63, 3.8) is 0 Å². The van der Waals surface area contributed by atoms with Crippen molar-refractivity contribution < 1.29 is 5.11 Å². The highest BCUT2D eigenvalue weighted by atomic mass is 16.2. The zero-order valence-electron chi connectivity index (χ0n) is 9.23. The molecule has 1 rings (SSSR count). The van der Waals surface area contributed by atoms with Crippen LogP contribution < -0.4 is 0 Å². The lowest BCUT2D eigenvalue weighted by Crippen LogP contribution is -1.83. The molecule has 1 nitrogen and oxygen atoms in total. The average Bonchev–Trinajstić information content (AvgIpc) is 2.29. The topological polar surface area (TPSA) is 20.2 Å². The number of allylic oxidation sites excluding steroid dienone is 2. The normalized spacial score (nSPS) is 11.0. The van der Waals surface area contributed by atoms with Gasteiger partial charge >= 0.3 is 0 Å². The first-order chi connectivity index (χ1) is 7.43. The van der Waals surface area contributed by atoms with Crippen molar-refractivity contribution in [2.75, 3.05) is 6.61 Å². The fourth-order valence-electron chi connectivity index (χ4n) is 1.51. The van der Waals surface area contributed by atoms with E-state index in [1.54, 1.807) is 0 Å². The van der Waals surface area contributed by atoms with Crippen molar-refractivity contribution in [2.45, 2.75) is 32.1 Å². The van der Waals surface area contributed by atoms with Crippen LogP contribution in [-0.2, 0) is 6.42 Å². The van der Waals surface area contributed by atoms with Crippen LogP contribution in [0.2, 0.25) is 0 Å². The summed E-state index contributed by atoms with van der Waals surface area (Å²) < 4.78 is 0. The molecule has 0 heterocycles. The van der Waals surface area contributed by atoms with Crippen LogP contribution in [0.4, 0.5) is 0 Å². The second-order valence-corrected chi connectivity index (χ2v) is 3.72. The number of aliphatic hydroxyl groups excluding tert-OH is 1. The minimum absolute atomic E-state index is 0.300. The summed E-state index contributed by atoms with van der Waals surface area (Å²) in [5.74, 6) is 0. The van der Waals surface area contributed by atoms with Crippen LogP contribution in [0.15, 0.2) is 42.5 Å². The van der Waals surface area contributed by atoms with Crippen LogP contribution in [-0.4, -0.2) is 11.7 Å². The van der Waals surface area contributed by atoms with Gasteiger partial charge in [0, 0.05) is 6.61 Å². The van der Waals surface area contributed by atoms with Gasteiger partial charge in [-0.2, -0.15) is 0 Å². The molecule has 0 aliphatic heterocycles. The zero-order valence-corrected chi connectivity index (χ0v) is 9.23. The number of rotatable bonds is 7. The monoisotopic (exact) mass is 204 g/mol. The third kappa shape index (κ3) is 6.08. The van der Waals surface area contributed by atoms with E-state index in [0.29, 0.717) is 6.61 Å². The quantitative estimate of drug-likeness (QED) is 0.533. The molecule has 0 radical (unpaired) electrons. The minimum atomic E-state index is 0.300. The van der Waals surface area contributed by atoms with Gasteiger partial charge in [0.2, 0.25) is 0 Å². The first kappa shape index (κ1) is 12.0. The molecular formula is C14H20O. The van der Waals surface area contributed by atoms with E-state index < -0.39 is 0 Å². The second-order valence-electron chi connectivity index (χ2n) is 3.72. The lowest BCUT2D eigenvalue weighted by molar-refractivity contribution is 0.289. The summed E-state index contributed by atoms with van der Waals surface area (Å²) in [7, 11) is 0. The number of hydrogen-bond donors (Lipinski definition) is 1. The van der Waals surface area contributed by atoms with Crippen molar-refractivity contribution in [2.24, 2.45) is 0 Å². The van der Waals surface area contributed by atoms with Gasteiger partial charge in [-0.05, 0) is 37.7 Å². The van der Waals surface area contributed by atoms with Crippen LogP contribution >= 0.6 is 0 Å². The van der Waals surface area contributed by atoms with E-state index in [-0.39, 0.29) is 0 Å². The molecule has 0 aliphatic carbocycles. The zero-order chi connectivity index (χ0) is 10.8. The Morgan fingerprint density at radius 2 is 1.60 bits per heavy atom. The van der Waals surface area contributed by atoms with Crippen LogP contribution in [0.5, 0.6) is 0 Å². The molecule has 1 aromatic carbocycles. The fourth-order valence-corrected chi connectivity index (χ4v) is 1.51. The van der Waals surface area contributed by atoms with E-state index in [4.69, 9.17) is 5.11 Å². The van der Waals surface area contributed by atoms with E-state index >= 15 is 0 Å². The molecule has 1 aromatic rings. The van der Waals surface area contributed by atoms with Crippen molar-refractivity contribution in [1.29, 1.82) is 0 Å². The summed E-state index contributed by atoms with van der Waals surface area (Å²) in [5, 5.41) is 8.58. The third-order valence-electron chi connectivity index (χ3n) is 2.37. The molecule has 0 spiro atoms. The maximum absolute atomic E-state index is 8.58. The van der Waals surface area contributed by atoms with E-state index in [1.165, 1.54) is 12.0 Å². The number of aryl methyl sites for hydroxylation is 1. The van der Waals surface area contributed by atoms with E-state index in [1.807, 2.05) is 0 Å². The van der Waals surface area contributed by atoms with Gasteiger partial charge in [0.15, 0.2) is 0 Å². The van der Waals surface area contributed by atoms with Crippen molar-refractivity contribution in [3.8, 4) is 0 Å². The summed E-state index contributed by atoms with van der Waals surface area (Å²) in [6.07, 6.45) is 9.78. The predicted molar refractivity (Wildman–Crippen MR) is 64.8 cm³/mol. The van der Waals surface area contributed by atoms with Gasteiger partial charge in [-0.25, -0.2) is 0 Å². The van der Waals surface area contributed by atoms with Crippen molar-refractivity contribution in [3.05, 3.63) is 48.0 Å². The highest BCUT2D eigenvalue weighted by Gasteiger charge is 1.89. The van der Waals surface area contributed by atoms with Gasteiger partial charge in [0.1, 0.15) is 0 Å². The average molecular weight is 204 g/mol. The number of aliphatic hydroxyl groups is 1. The molecule has 1 heteroatoms. The lowest BCUT2D eigenvalue weighted by atomic mass is 10.1. The molecule has 0 amide bonds. The smallest absolute Gasteiger partial charge is 0.0433 e. The van der Waals surface area contributed by atoms with E-state index in [2.05, 4.69) is 42.5 Å². The van der Waals surface area contributed by atoms with Crippen LogP contribution in [0, 0.1) is 0 Å². The van der Waals surface area contributed by atoms with Gasteiger partial charge in [-0.15, -0.1) is 0 Å².